The average molecular weight is 417 g/mol. The molecule has 0 saturated carbocycles. The second kappa shape index (κ2) is 22.0. The minimum Gasteiger partial charge on any atom is -0.465 e. The van der Waals surface area contributed by atoms with Gasteiger partial charge in [-0.1, -0.05) is 85.0 Å². The second-order valence-corrected chi connectivity index (χ2v) is 8.22. The van der Waals surface area contributed by atoms with E-state index in [1.165, 1.54) is 64.2 Å². The van der Waals surface area contributed by atoms with Crippen LogP contribution in [0.2, 0.25) is 0 Å². The molecule has 0 aromatic rings. The van der Waals surface area contributed by atoms with Gasteiger partial charge in [0.15, 0.2) is 6.29 Å². The Labute approximate surface area is 179 Å². The van der Waals surface area contributed by atoms with Crippen molar-refractivity contribution in [2.75, 3.05) is 26.4 Å². The molecule has 0 amide bonds. The Morgan fingerprint density at radius 1 is 0.793 bits per heavy atom. The molecule has 29 heavy (non-hydrogen) atoms. The van der Waals surface area contributed by atoms with Gasteiger partial charge < -0.3 is 19.3 Å². The molecular weight excluding hydrogens is 368 g/mol. The summed E-state index contributed by atoms with van der Waals surface area (Å²) in [6.07, 6.45) is 15.2. The maximum absolute atomic E-state index is 11.9. The summed E-state index contributed by atoms with van der Waals surface area (Å²) in [4.78, 5) is 11.9. The van der Waals surface area contributed by atoms with E-state index in [-0.39, 0.29) is 37.8 Å². The van der Waals surface area contributed by atoms with Crippen molar-refractivity contribution in [3.63, 3.8) is 0 Å². The summed E-state index contributed by atoms with van der Waals surface area (Å²) in [6, 6.07) is 0. The molecule has 0 bridgehead atoms. The molecule has 0 aliphatic heterocycles. The Bertz CT molecular complexity index is 330. The fraction of sp³-hybridized carbons (Fsp3) is 0.958. The normalized spacial score (nSPS) is 12.4. The van der Waals surface area contributed by atoms with Crippen LogP contribution in [-0.2, 0) is 19.0 Å². The molecule has 0 spiro atoms. The molecule has 0 heterocycles. The predicted molar refractivity (Wildman–Crippen MR) is 119 cm³/mol. The molecule has 1 N–H and O–H groups in total. The topological polar surface area (TPSA) is 65.0 Å². The van der Waals surface area contributed by atoms with E-state index in [0.717, 1.165) is 12.8 Å². The molecule has 0 saturated heterocycles. The first-order chi connectivity index (χ1) is 14.1. The lowest BCUT2D eigenvalue weighted by Gasteiger charge is -2.19. The average Bonchev–Trinajstić information content (AvgIpc) is 2.73. The van der Waals surface area contributed by atoms with Gasteiger partial charge >= 0.3 is 5.97 Å². The van der Waals surface area contributed by atoms with Crippen LogP contribution in [0.1, 0.15) is 111 Å². The lowest BCUT2D eigenvalue weighted by Crippen LogP contribution is -2.21. The van der Waals surface area contributed by atoms with Crippen molar-refractivity contribution in [2.24, 2.45) is 5.92 Å². The number of carbonyl (C=O) groups is 1. The lowest BCUT2D eigenvalue weighted by molar-refractivity contribution is -0.160. The largest absolute Gasteiger partial charge is 0.465 e. The summed E-state index contributed by atoms with van der Waals surface area (Å²) in [5, 5.41) is 9.01. The van der Waals surface area contributed by atoms with Crippen LogP contribution >= 0.6 is 0 Å². The third kappa shape index (κ3) is 20.4. The van der Waals surface area contributed by atoms with Gasteiger partial charge in [-0.15, -0.1) is 0 Å². The molecule has 1 atom stereocenters. The summed E-state index contributed by atoms with van der Waals surface area (Å²) in [5.74, 6) is -0.274. The first kappa shape index (κ1) is 28.4. The number of aliphatic hydroxyl groups is 1. The maximum atomic E-state index is 11.9. The van der Waals surface area contributed by atoms with Crippen molar-refractivity contribution in [1.82, 2.24) is 0 Å². The van der Waals surface area contributed by atoms with Gasteiger partial charge in [0.25, 0.3) is 0 Å². The maximum Gasteiger partial charge on any atom is 0.305 e. The monoisotopic (exact) mass is 416 g/mol. The smallest absolute Gasteiger partial charge is 0.305 e. The van der Waals surface area contributed by atoms with Crippen LogP contribution in [0.25, 0.3) is 0 Å². The van der Waals surface area contributed by atoms with Crippen LogP contribution in [0.5, 0.6) is 0 Å². The SMILES string of the molecule is CCCCCCCCOC(CCC(=O)OCC(C)CO)OCCCCCCCC. The Hall–Kier alpha value is -0.650. The molecule has 1 unspecified atom stereocenters. The summed E-state index contributed by atoms with van der Waals surface area (Å²) in [7, 11) is 0. The van der Waals surface area contributed by atoms with Crippen LogP contribution in [-0.4, -0.2) is 43.8 Å². The van der Waals surface area contributed by atoms with Crippen molar-refractivity contribution in [3.05, 3.63) is 0 Å². The third-order valence-electron chi connectivity index (χ3n) is 5.03. The van der Waals surface area contributed by atoms with E-state index in [9.17, 15) is 4.79 Å². The van der Waals surface area contributed by atoms with Gasteiger partial charge in [-0.2, -0.15) is 0 Å². The molecule has 0 aliphatic carbocycles. The van der Waals surface area contributed by atoms with Crippen molar-refractivity contribution < 1.29 is 24.1 Å². The first-order valence-corrected chi connectivity index (χ1v) is 12.1. The number of hydrogen-bond donors (Lipinski definition) is 1. The van der Waals surface area contributed by atoms with Gasteiger partial charge in [-0.25, -0.2) is 0 Å². The minimum absolute atomic E-state index is 0.0253. The zero-order chi connectivity index (χ0) is 21.6. The van der Waals surface area contributed by atoms with Gasteiger partial charge in [0.05, 0.1) is 13.0 Å². The van der Waals surface area contributed by atoms with E-state index in [1.54, 1.807) is 0 Å². The number of ether oxygens (including phenoxy) is 3. The van der Waals surface area contributed by atoms with Crippen molar-refractivity contribution in [3.8, 4) is 0 Å². The lowest BCUT2D eigenvalue weighted by atomic mass is 10.1. The summed E-state index contributed by atoms with van der Waals surface area (Å²) < 4.78 is 17.0. The molecule has 0 rings (SSSR count). The van der Waals surface area contributed by atoms with Crippen LogP contribution in [0, 0.1) is 5.92 Å². The second-order valence-electron chi connectivity index (χ2n) is 8.22. The molecule has 0 aromatic carbocycles. The fourth-order valence-corrected chi connectivity index (χ4v) is 3.00. The third-order valence-corrected chi connectivity index (χ3v) is 5.03. The minimum atomic E-state index is -0.330. The highest BCUT2D eigenvalue weighted by molar-refractivity contribution is 5.69. The highest BCUT2D eigenvalue weighted by atomic mass is 16.7. The number of unbranched alkanes of at least 4 members (excludes halogenated alkanes) is 10. The summed E-state index contributed by atoms with van der Waals surface area (Å²) >= 11 is 0. The van der Waals surface area contributed by atoms with Gasteiger partial charge in [0.2, 0.25) is 0 Å². The van der Waals surface area contributed by atoms with E-state index < -0.39 is 0 Å². The number of aliphatic hydroxyl groups excluding tert-OH is 1. The van der Waals surface area contributed by atoms with Crippen LogP contribution in [0.15, 0.2) is 0 Å². The highest BCUT2D eigenvalue weighted by Gasteiger charge is 2.14. The van der Waals surface area contributed by atoms with Gasteiger partial charge in [0, 0.05) is 32.2 Å². The van der Waals surface area contributed by atoms with Crippen molar-refractivity contribution >= 4 is 5.97 Å². The van der Waals surface area contributed by atoms with Gasteiger partial charge in [-0.05, 0) is 12.8 Å². The van der Waals surface area contributed by atoms with Gasteiger partial charge in [0.1, 0.15) is 0 Å². The zero-order valence-electron chi connectivity index (χ0n) is 19.5. The number of esters is 1. The Morgan fingerprint density at radius 3 is 1.76 bits per heavy atom. The molecule has 174 valence electrons. The highest BCUT2D eigenvalue weighted by Crippen LogP contribution is 2.12. The van der Waals surface area contributed by atoms with Crippen LogP contribution < -0.4 is 0 Å². The molecule has 0 radical (unpaired) electrons. The predicted octanol–water partition coefficient (Wildman–Crippen LogP) is 6.02. The summed E-state index contributed by atoms with van der Waals surface area (Å²) in [6.45, 7) is 7.96. The zero-order valence-corrected chi connectivity index (χ0v) is 19.5. The van der Waals surface area contributed by atoms with E-state index >= 15 is 0 Å². The Balaban J connectivity index is 4.04. The van der Waals surface area contributed by atoms with E-state index in [1.807, 2.05) is 6.92 Å². The number of hydrogen-bond acceptors (Lipinski definition) is 5. The summed E-state index contributed by atoms with van der Waals surface area (Å²) in [5.41, 5.74) is 0. The molecule has 0 aromatic heterocycles. The fourth-order valence-electron chi connectivity index (χ4n) is 3.00. The number of rotatable bonds is 22. The van der Waals surface area contributed by atoms with Crippen molar-refractivity contribution in [1.29, 1.82) is 0 Å². The molecule has 0 fully saturated rings. The van der Waals surface area contributed by atoms with Crippen LogP contribution in [0.3, 0.4) is 0 Å². The van der Waals surface area contributed by atoms with E-state index in [0.29, 0.717) is 19.6 Å². The Morgan fingerprint density at radius 2 is 1.28 bits per heavy atom. The standard InChI is InChI=1S/C24H48O5/c1-4-6-8-10-12-14-18-27-24(28-19-15-13-11-9-7-5-2)17-16-23(26)29-21-22(3)20-25/h22,24-25H,4-21H2,1-3H3. The Kier molecular flexibility index (Phi) is 21.6. The van der Waals surface area contributed by atoms with E-state index in [4.69, 9.17) is 19.3 Å². The quantitative estimate of drug-likeness (QED) is 0.133. The van der Waals surface area contributed by atoms with Crippen molar-refractivity contribution in [2.45, 2.75) is 117 Å². The van der Waals surface area contributed by atoms with Gasteiger partial charge in [-0.3, -0.25) is 4.79 Å². The molecular formula is C24H48O5. The molecule has 0 aliphatic rings. The van der Waals surface area contributed by atoms with E-state index in [2.05, 4.69) is 13.8 Å². The number of carbonyl (C=O) groups excluding carboxylic acids is 1. The molecule has 5 heteroatoms. The molecule has 5 nitrogen and oxygen atoms in total. The first-order valence-electron chi connectivity index (χ1n) is 12.1. The van der Waals surface area contributed by atoms with Crippen LogP contribution in [0.4, 0.5) is 0 Å².